The molecule has 2 nitrogen and oxygen atoms in total. The van der Waals surface area contributed by atoms with Gasteiger partial charge in [-0.25, -0.2) is 0 Å². The van der Waals surface area contributed by atoms with Crippen LogP contribution in [-0.2, 0) is 0 Å². The van der Waals surface area contributed by atoms with Crippen LogP contribution in [0, 0.1) is 12.3 Å². The van der Waals surface area contributed by atoms with E-state index in [0.717, 1.165) is 0 Å². The molecule has 1 unspecified atom stereocenters. The van der Waals surface area contributed by atoms with Gasteiger partial charge in [0.2, 0.25) is 0 Å². The van der Waals surface area contributed by atoms with Crippen molar-refractivity contribution in [1.82, 2.24) is 0 Å². The molecule has 0 aliphatic rings. The Kier molecular flexibility index (Phi) is 2.60. The fourth-order valence-electron chi connectivity index (χ4n) is 0.217. The first-order chi connectivity index (χ1) is 3.18. The van der Waals surface area contributed by atoms with E-state index < -0.39 is 0 Å². The normalized spacial score (nSPS) is 13.6. The first kappa shape index (κ1) is 6.63. The molecular weight excluding hydrogens is 88.1 g/mol. The van der Waals surface area contributed by atoms with Gasteiger partial charge in [0.1, 0.15) is 0 Å². The largest absolute Gasteiger partial charge is 0.323 e. The third-order valence-corrected chi connectivity index (χ3v) is 0.867. The molecule has 0 aromatic heterocycles. The van der Waals surface area contributed by atoms with E-state index in [2.05, 4.69) is 6.92 Å². The van der Waals surface area contributed by atoms with Gasteiger partial charge in [-0.2, -0.15) is 0 Å². The molecule has 0 aliphatic heterocycles. The molecular formula is C5H11N2. The van der Waals surface area contributed by atoms with E-state index >= 15 is 0 Å². The summed E-state index contributed by atoms with van der Waals surface area (Å²) in [7, 11) is 0. The summed E-state index contributed by atoms with van der Waals surface area (Å²) in [5, 5.41) is 6.94. The summed E-state index contributed by atoms with van der Waals surface area (Å²) in [5.41, 5.74) is 5.84. The molecule has 0 amide bonds. The maximum atomic E-state index is 6.94. The van der Waals surface area contributed by atoms with E-state index in [1.807, 2.05) is 0 Å². The standard InChI is InChI=1S/C5H11N2/c1-3-5(7)4(2)6/h5-6H,1,3,7H2,2H3. The van der Waals surface area contributed by atoms with Gasteiger partial charge in [-0.1, -0.05) is 6.92 Å². The van der Waals surface area contributed by atoms with Crippen molar-refractivity contribution in [2.45, 2.75) is 19.4 Å². The van der Waals surface area contributed by atoms with Crippen molar-refractivity contribution < 1.29 is 0 Å². The molecule has 1 atom stereocenters. The lowest BCUT2D eigenvalue weighted by molar-refractivity contribution is 0.863. The highest BCUT2D eigenvalue weighted by molar-refractivity contribution is 5.83. The molecule has 7 heavy (non-hydrogen) atoms. The van der Waals surface area contributed by atoms with Crippen molar-refractivity contribution in [2.24, 2.45) is 5.73 Å². The van der Waals surface area contributed by atoms with Crippen LogP contribution < -0.4 is 5.73 Å². The van der Waals surface area contributed by atoms with Gasteiger partial charge in [0, 0.05) is 11.8 Å². The van der Waals surface area contributed by atoms with Crippen LogP contribution >= 0.6 is 0 Å². The maximum Gasteiger partial charge on any atom is 0.0420 e. The lowest BCUT2D eigenvalue weighted by Crippen LogP contribution is -2.26. The molecule has 1 radical (unpaired) electrons. The quantitative estimate of drug-likeness (QED) is 0.489. The van der Waals surface area contributed by atoms with E-state index in [4.69, 9.17) is 11.1 Å². The summed E-state index contributed by atoms with van der Waals surface area (Å²) in [6.07, 6.45) is 0.620. The summed E-state index contributed by atoms with van der Waals surface area (Å²) in [6.45, 7) is 5.23. The number of rotatable bonds is 2. The zero-order valence-corrected chi connectivity index (χ0v) is 4.57. The highest BCUT2D eigenvalue weighted by Crippen LogP contribution is 1.84. The Morgan fingerprint density at radius 2 is 2.43 bits per heavy atom. The van der Waals surface area contributed by atoms with Crippen molar-refractivity contribution in [1.29, 1.82) is 5.41 Å². The third-order valence-electron chi connectivity index (χ3n) is 0.867. The van der Waals surface area contributed by atoms with E-state index in [1.54, 1.807) is 6.92 Å². The molecule has 0 aliphatic carbocycles. The van der Waals surface area contributed by atoms with E-state index in [9.17, 15) is 0 Å². The van der Waals surface area contributed by atoms with Crippen molar-refractivity contribution in [3.8, 4) is 0 Å². The molecule has 0 fully saturated rings. The Bertz CT molecular complexity index is 68.5. The fraction of sp³-hybridized carbons (Fsp3) is 0.600. The number of nitrogens with two attached hydrogens (primary N) is 1. The SMILES string of the molecule is [CH2]CC(N)C(C)=N. The molecule has 0 bridgehead atoms. The molecule has 0 saturated carbocycles. The summed E-state index contributed by atoms with van der Waals surface area (Å²) in [5.74, 6) is 0. The van der Waals surface area contributed by atoms with Gasteiger partial charge in [0.15, 0.2) is 0 Å². The Labute approximate surface area is 44.2 Å². The van der Waals surface area contributed by atoms with Crippen molar-refractivity contribution >= 4 is 5.71 Å². The molecule has 2 heteroatoms. The minimum absolute atomic E-state index is 0.125. The Morgan fingerprint density at radius 3 is 2.43 bits per heavy atom. The Morgan fingerprint density at radius 1 is 2.00 bits per heavy atom. The van der Waals surface area contributed by atoms with Crippen LogP contribution in [0.2, 0.25) is 0 Å². The van der Waals surface area contributed by atoms with Crippen LogP contribution in [0.15, 0.2) is 0 Å². The monoisotopic (exact) mass is 99.1 g/mol. The molecule has 3 N–H and O–H groups in total. The summed E-state index contributed by atoms with van der Waals surface area (Å²) in [4.78, 5) is 0. The highest BCUT2D eigenvalue weighted by atomic mass is 14.7. The van der Waals surface area contributed by atoms with E-state index in [0.29, 0.717) is 12.1 Å². The van der Waals surface area contributed by atoms with Gasteiger partial charge in [-0.3, -0.25) is 0 Å². The molecule has 0 saturated heterocycles. The number of nitrogens with one attached hydrogen (secondary N) is 1. The third kappa shape index (κ3) is 2.34. The Balaban J connectivity index is 3.34. The van der Waals surface area contributed by atoms with Crippen LogP contribution in [0.3, 0.4) is 0 Å². The first-order valence-corrected chi connectivity index (χ1v) is 2.28. The zero-order chi connectivity index (χ0) is 5.86. The fourth-order valence-corrected chi connectivity index (χ4v) is 0.217. The van der Waals surface area contributed by atoms with Gasteiger partial charge in [-0.05, 0) is 13.3 Å². The second kappa shape index (κ2) is 2.75. The Hall–Kier alpha value is -0.370. The predicted molar refractivity (Wildman–Crippen MR) is 31.4 cm³/mol. The van der Waals surface area contributed by atoms with E-state index in [1.165, 1.54) is 0 Å². The molecule has 41 valence electrons. The minimum atomic E-state index is -0.125. The highest BCUT2D eigenvalue weighted by Gasteiger charge is 1.97. The van der Waals surface area contributed by atoms with Crippen molar-refractivity contribution in [2.75, 3.05) is 0 Å². The van der Waals surface area contributed by atoms with Gasteiger partial charge in [0.25, 0.3) is 0 Å². The summed E-state index contributed by atoms with van der Waals surface area (Å²) < 4.78 is 0. The van der Waals surface area contributed by atoms with Crippen LogP contribution in [0.5, 0.6) is 0 Å². The summed E-state index contributed by atoms with van der Waals surface area (Å²) >= 11 is 0. The van der Waals surface area contributed by atoms with Gasteiger partial charge < -0.3 is 11.1 Å². The van der Waals surface area contributed by atoms with Crippen molar-refractivity contribution in [3.05, 3.63) is 6.92 Å². The number of hydrogen-bond acceptors (Lipinski definition) is 2. The maximum absolute atomic E-state index is 6.94. The molecule has 0 aromatic rings. The lowest BCUT2D eigenvalue weighted by atomic mass is 10.2. The zero-order valence-electron chi connectivity index (χ0n) is 4.57. The smallest absolute Gasteiger partial charge is 0.0420 e. The average Bonchev–Trinajstić information content (AvgIpc) is 1.65. The average molecular weight is 99.2 g/mol. The second-order valence-corrected chi connectivity index (χ2v) is 1.58. The van der Waals surface area contributed by atoms with Crippen LogP contribution in [0.4, 0.5) is 0 Å². The molecule has 0 rings (SSSR count). The van der Waals surface area contributed by atoms with Gasteiger partial charge >= 0.3 is 0 Å². The lowest BCUT2D eigenvalue weighted by Gasteiger charge is -2.02. The predicted octanol–water partition coefficient (Wildman–Crippen LogP) is 0.578. The van der Waals surface area contributed by atoms with Crippen LogP contribution in [-0.4, -0.2) is 11.8 Å². The first-order valence-electron chi connectivity index (χ1n) is 2.28. The molecule has 0 spiro atoms. The van der Waals surface area contributed by atoms with Gasteiger partial charge in [0.05, 0.1) is 0 Å². The molecule has 0 heterocycles. The number of hydrogen-bond donors (Lipinski definition) is 2. The topological polar surface area (TPSA) is 49.9 Å². The van der Waals surface area contributed by atoms with Crippen LogP contribution in [0.1, 0.15) is 13.3 Å². The van der Waals surface area contributed by atoms with Gasteiger partial charge in [-0.15, -0.1) is 0 Å². The second-order valence-electron chi connectivity index (χ2n) is 1.58. The van der Waals surface area contributed by atoms with Crippen LogP contribution in [0.25, 0.3) is 0 Å². The van der Waals surface area contributed by atoms with Crippen molar-refractivity contribution in [3.63, 3.8) is 0 Å². The summed E-state index contributed by atoms with van der Waals surface area (Å²) in [6, 6.07) is -0.125. The minimum Gasteiger partial charge on any atom is -0.323 e. The molecule has 0 aromatic carbocycles. The van der Waals surface area contributed by atoms with E-state index in [-0.39, 0.29) is 6.04 Å².